The number of fused-ring (bicyclic) bond motifs is 1. The van der Waals surface area contributed by atoms with Gasteiger partial charge in [-0.05, 0) is 41.5 Å². The number of nitrogens with one attached hydrogen (secondary N) is 2. The molecule has 5 aromatic rings. The third kappa shape index (κ3) is 4.36. The average molecular weight is 436 g/mol. The minimum absolute atomic E-state index is 0.274. The van der Waals surface area contributed by atoms with E-state index >= 15 is 0 Å². The van der Waals surface area contributed by atoms with Gasteiger partial charge in [0.25, 0.3) is 0 Å². The second-order valence-corrected chi connectivity index (χ2v) is 7.87. The molecule has 1 unspecified atom stereocenters. The molecule has 6 heteroatoms. The van der Waals surface area contributed by atoms with Crippen molar-refractivity contribution in [3.8, 4) is 17.0 Å². The fourth-order valence-electron chi connectivity index (χ4n) is 3.99. The number of imidazole rings is 1. The van der Waals surface area contributed by atoms with Crippen LogP contribution in [0.3, 0.4) is 0 Å². The van der Waals surface area contributed by atoms with Crippen LogP contribution in [0.5, 0.6) is 5.75 Å². The minimum atomic E-state index is -0.274. The Hall–Kier alpha value is -4.32. The van der Waals surface area contributed by atoms with Gasteiger partial charge >= 0.3 is 0 Å². The maximum Gasteiger partial charge on any atom is 0.131 e. The Morgan fingerprint density at radius 1 is 1.00 bits per heavy atom. The summed E-state index contributed by atoms with van der Waals surface area (Å²) < 4.78 is 5.26. The Kier molecular flexibility index (Phi) is 5.64. The lowest BCUT2D eigenvalue weighted by atomic mass is 10.0. The van der Waals surface area contributed by atoms with Crippen molar-refractivity contribution in [1.82, 2.24) is 15.0 Å². The van der Waals surface area contributed by atoms with Crippen molar-refractivity contribution in [3.05, 3.63) is 108 Å². The number of H-pyrrole nitrogens is 2. The molecule has 0 saturated heterocycles. The molecule has 0 spiro atoms. The molecule has 33 heavy (non-hydrogen) atoms. The zero-order chi connectivity index (χ0) is 22.6. The summed E-state index contributed by atoms with van der Waals surface area (Å²) in [5.74, 6) is 2.01. The smallest absolute Gasteiger partial charge is 0.131 e. The highest BCUT2D eigenvalue weighted by atomic mass is 16.5. The predicted molar refractivity (Wildman–Crippen MR) is 132 cm³/mol. The van der Waals surface area contributed by atoms with Crippen molar-refractivity contribution in [2.45, 2.75) is 12.5 Å². The van der Waals surface area contributed by atoms with Crippen LogP contribution in [-0.2, 0) is 6.42 Å². The van der Waals surface area contributed by atoms with Gasteiger partial charge < -0.3 is 20.4 Å². The molecule has 4 N–H and O–H groups in total. The molecule has 2 aromatic heterocycles. The number of aromatic nitrogens is 3. The van der Waals surface area contributed by atoms with E-state index < -0.39 is 0 Å². The van der Waals surface area contributed by atoms with Crippen LogP contribution in [0.15, 0.2) is 96.2 Å². The quantitative estimate of drug-likeness (QED) is 0.241. The van der Waals surface area contributed by atoms with Gasteiger partial charge in [0, 0.05) is 29.1 Å². The second kappa shape index (κ2) is 9.04. The van der Waals surface area contributed by atoms with E-state index in [-0.39, 0.29) is 6.04 Å². The van der Waals surface area contributed by atoms with Crippen LogP contribution >= 0.6 is 0 Å². The molecule has 0 amide bonds. The first-order chi connectivity index (χ1) is 16.2. The largest absolute Gasteiger partial charge is 0.497 e. The Morgan fingerprint density at radius 2 is 1.76 bits per heavy atom. The Morgan fingerprint density at radius 3 is 2.55 bits per heavy atom. The monoisotopic (exact) mass is 435 g/mol. The second-order valence-electron chi connectivity index (χ2n) is 7.87. The van der Waals surface area contributed by atoms with Crippen LogP contribution in [0, 0.1) is 0 Å². The van der Waals surface area contributed by atoms with E-state index in [1.807, 2.05) is 67.0 Å². The molecule has 3 aromatic carbocycles. The summed E-state index contributed by atoms with van der Waals surface area (Å²) in [5.41, 5.74) is 11.6. The number of ether oxygens (including phenoxy) is 1. The molecule has 0 aliphatic rings. The fourth-order valence-corrected chi connectivity index (χ4v) is 3.99. The van der Waals surface area contributed by atoms with E-state index in [9.17, 15) is 0 Å². The lowest BCUT2D eigenvalue weighted by Gasteiger charge is -2.12. The Balaban J connectivity index is 1.52. The molecule has 0 saturated carbocycles. The van der Waals surface area contributed by atoms with Crippen molar-refractivity contribution in [2.24, 2.45) is 10.7 Å². The van der Waals surface area contributed by atoms with E-state index in [0.29, 0.717) is 12.3 Å². The van der Waals surface area contributed by atoms with Gasteiger partial charge in [-0.1, -0.05) is 48.5 Å². The third-order valence-electron chi connectivity index (χ3n) is 5.76. The van der Waals surface area contributed by atoms with Gasteiger partial charge in [-0.25, -0.2) is 4.98 Å². The van der Waals surface area contributed by atoms with Crippen LogP contribution in [0.1, 0.15) is 23.0 Å². The summed E-state index contributed by atoms with van der Waals surface area (Å²) in [7, 11) is 1.64. The summed E-state index contributed by atoms with van der Waals surface area (Å²) in [6.45, 7) is 0. The molecular weight excluding hydrogens is 410 g/mol. The molecule has 1 atom stereocenters. The lowest BCUT2D eigenvalue weighted by molar-refractivity contribution is 0.415. The Labute approximate surface area is 192 Å². The highest BCUT2D eigenvalue weighted by molar-refractivity contribution is 5.97. The first-order valence-corrected chi connectivity index (χ1v) is 10.8. The highest BCUT2D eigenvalue weighted by Gasteiger charge is 2.19. The van der Waals surface area contributed by atoms with Crippen LogP contribution in [0.2, 0.25) is 0 Å². The van der Waals surface area contributed by atoms with E-state index in [1.54, 1.807) is 7.11 Å². The van der Waals surface area contributed by atoms with Crippen molar-refractivity contribution in [3.63, 3.8) is 0 Å². The summed E-state index contributed by atoms with van der Waals surface area (Å²) in [6, 6.07) is 25.7. The number of para-hydroxylation sites is 1. The first-order valence-electron chi connectivity index (χ1n) is 10.8. The molecule has 164 valence electrons. The number of nitrogens with two attached hydrogens (primary N) is 1. The SMILES string of the molecule is COc1ccc(C(N)=NC(Cc2c[nH]c3ccccc23)c2ncc(-c3ccccc3)[nH]2)cc1. The number of benzene rings is 3. The summed E-state index contributed by atoms with van der Waals surface area (Å²) in [5, 5.41) is 1.18. The average Bonchev–Trinajstić information content (AvgIpc) is 3.52. The van der Waals surface area contributed by atoms with Crippen molar-refractivity contribution >= 4 is 16.7 Å². The number of nitrogens with zero attached hydrogens (tertiary/aromatic N) is 2. The maximum absolute atomic E-state index is 6.44. The third-order valence-corrected chi connectivity index (χ3v) is 5.76. The number of methoxy groups -OCH3 is 1. The van der Waals surface area contributed by atoms with Crippen molar-refractivity contribution in [2.75, 3.05) is 7.11 Å². The van der Waals surface area contributed by atoms with E-state index in [2.05, 4.69) is 39.2 Å². The van der Waals surface area contributed by atoms with Crippen molar-refractivity contribution < 1.29 is 4.74 Å². The molecule has 0 fully saturated rings. The molecule has 6 nitrogen and oxygen atoms in total. The number of rotatable bonds is 7. The maximum atomic E-state index is 6.44. The van der Waals surface area contributed by atoms with Crippen LogP contribution in [0.4, 0.5) is 0 Å². The molecule has 0 bridgehead atoms. The van der Waals surface area contributed by atoms with Gasteiger partial charge in [0.2, 0.25) is 0 Å². The van der Waals surface area contributed by atoms with Gasteiger partial charge in [0.15, 0.2) is 0 Å². The number of hydrogen-bond acceptors (Lipinski definition) is 3. The number of amidine groups is 1. The van der Waals surface area contributed by atoms with Crippen LogP contribution < -0.4 is 10.5 Å². The molecule has 5 rings (SSSR count). The summed E-state index contributed by atoms with van der Waals surface area (Å²) in [4.78, 5) is 16.4. The first kappa shape index (κ1) is 20.6. The van der Waals surface area contributed by atoms with E-state index in [1.165, 1.54) is 10.9 Å². The lowest BCUT2D eigenvalue weighted by Crippen LogP contribution is -2.16. The zero-order valence-electron chi connectivity index (χ0n) is 18.3. The summed E-state index contributed by atoms with van der Waals surface area (Å²) >= 11 is 0. The summed E-state index contributed by atoms with van der Waals surface area (Å²) in [6.07, 6.45) is 4.55. The minimum Gasteiger partial charge on any atom is -0.497 e. The molecule has 0 radical (unpaired) electrons. The van der Waals surface area contributed by atoms with Gasteiger partial charge in [-0.15, -0.1) is 0 Å². The molecule has 0 aliphatic heterocycles. The zero-order valence-corrected chi connectivity index (χ0v) is 18.3. The molecule has 2 heterocycles. The van der Waals surface area contributed by atoms with Crippen molar-refractivity contribution in [1.29, 1.82) is 0 Å². The van der Waals surface area contributed by atoms with E-state index in [0.717, 1.165) is 33.9 Å². The molecule has 0 aliphatic carbocycles. The fraction of sp³-hybridized carbons (Fsp3) is 0.111. The number of aromatic amines is 2. The van der Waals surface area contributed by atoms with Gasteiger partial charge in [0.05, 0.1) is 19.0 Å². The standard InChI is InChI=1S/C27H25N5O/c1-33-21-13-11-19(12-14-21)26(28)31-24(15-20-16-29-23-10-6-5-9-22(20)23)27-30-17-25(32-27)18-7-3-2-4-8-18/h2-14,16-17,24,29H,15H2,1H3,(H2,28,31)(H,30,32). The number of aliphatic imine (C=N–C) groups is 1. The highest BCUT2D eigenvalue weighted by Crippen LogP contribution is 2.28. The van der Waals surface area contributed by atoms with Gasteiger partial charge in [-0.3, -0.25) is 4.99 Å². The van der Waals surface area contributed by atoms with E-state index in [4.69, 9.17) is 15.5 Å². The number of hydrogen-bond donors (Lipinski definition) is 3. The normalized spacial score (nSPS) is 12.7. The van der Waals surface area contributed by atoms with Crippen LogP contribution in [0.25, 0.3) is 22.2 Å². The topological polar surface area (TPSA) is 92.1 Å². The van der Waals surface area contributed by atoms with Gasteiger partial charge in [-0.2, -0.15) is 0 Å². The molecular formula is C27H25N5O. The van der Waals surface area contributed by atoms with Crippen LogP contribution in [-0.4, -0.2) is 27.9 Å². The Bertz CT molecular complexity index is 1380. The van der Waals surface area contributed by atoms with Gasteiger partial charge in [0.1, 0.15) is 23.5 Å². The predicted octanol–water partition coefficient (Wildman–Crippen LogP) is 5.26.